The van der Waals surface area contributed by atoms with E-state index < -0.39 is 30.2 Å². The van der Waals surface area contributed by atoms with Gasteiger partial charge in [-0.3, -0.25) is 0 Å². The van der Waals surface area contributed by atoms with E-state index in [4.69, 9.17) is 14.2 Å². The summed E-state index contributed by atoms with van der Waals surface area (Å²) in [5.41, 5.74) is 0.258. The molecule has 0 amide bonds. The molecule has 6 rings (SSSR count). The van der Waals surface area contributed by atoms with Crippen molar-refractivity contribution in [2.75, 3.05) is 13.2 Å². The van der Waals surface area contributed by atoms with E-state index in [9.17, 15) is 25.2 Å². The molecule has 0 unspecified atom stereocenters. The van der Waals surface area contributed by atoms with Crippen LogP contribution in [0.15, 0.2) is 11.6 Å². The number of ether oxygens (including phenoxy) is 3. The Bertz CT molecular complexity index is 921. The van der Waals surface area contributed by atoms with E-state index in [2.05, 4.69) is 13.8 Å². The van der Waals surface area contributed by atoms with Crippen molar-refractivity contribution in [1.29, 1.82) is 0 Å². The first kappa shape index (κ1) is 25.3. The zero-order chi connectivity index (χ0) is 25.5. The van der Waals surface area contributed by atoms with Gasteiger partial charge >= 0.3 is 5.97 Å². The number of cyclic esters (lactones) is 1. The molecule has 12 atom stereocenters. The minimum absolute atomic E-state index is 0.0523. The Kier molecular flexibility index (Phi) is 6.14. The first-order valence-corrected chi connectivity index (χ1v) is 14.0. The molecule has 4 N–H and O–H groups in total. The summed E-state index contributed by atoms with van der Waals surface area (Å²) >= 11 is 0. The van der Waals surface area contributed by atoms with Crippen molar-refractivity contribution >= 4 is 5.97 Å². The summed E-state index contributed by atoms with van der Waals surface area (Å²) in [6.07, 6.45) is 6.15. The Morgan fingerprint density at radius 2 is 1.83 bits per heavy atom. The van der Waals surface area contributed by atoms with Gasteiger partial charge in [0.05, 0.1) is 18.3 Å². The van der Waals surface area contributed by atoms with Crippen LogP contribution >= 0.6 is 0 Å². The normalized spacial score (nSPS) is 54.4. The summed E-state index contributed by atoms with van der Waals surface area (Å²) in [6.45, 7) is 4.70. The quantitative estimate of drug-likeness (QED) is 0.427. The lowest BCUT2D eigenvalue weighted by Crippen LogP contribution is -2.62. The van der Waals surface area contributed by atoms with Crippen molar-refractivity contribution in [1.82, 2.24) is 0 Å². The third-order valence-electron chi connectivity index (χ3n) is 11.8. The third-order valence-corrected chi connectivity index (χ3v) is 11.8. The van der Waals surface area contributed by atoms with Crippen LogP contribution in [0, 0.1) is 34.5 Å². The van der Waals surface area contributed by atoms with Crippen molar-refractivity contribution in [2.24, 2.45) is 34.5 Å². The van der Waals surface area contributed by atoms with Gasteiger partial charge in [0.15, 0.2) is 6.29 Å². The Hall–Kier alpha value is -1.03. The smallest absolute Gasteiger partial charge is 0.331 e. The molecule has 0 radical (unpaired) electrons. The fourth-order valence-corrected chi connectivity index (χ4v) is 9.66. The van der Waals surface area contributed by atoms with Crippen LogP contribution in [0.2, 0.25) is 0 Å². The lowest BCUT2D eigenvalue weighted by molar-refractivity contribution is -0.231. The topological polar surface area (TPSA) is 126 Å². The van der Waals surface area contributed by atoms with Gasteiger partial charge in [-0.05, 0) is 92.4 Å². The van der Waals surface area contributed by atoms with Gasteiger partial charge < -0.3 is 34.6 Å². The first-order valence-electron chi connectivity index (χ1n) is 14.0. The second kappa shape index (κ2) is 8.75. The maximum atomic E-state index is 12.3. The molecule has 8 heteroatoms. The number of hydrogen-bond acceptors (Lipinski definition) is 8. The van der Waals surface area contributed by atoms with Crippen LogP contribution in [0.5, 0.6) is 0 Å². The van der Waals surface area contributed by atoms with Gasteiger partial charge in [-0.2, -0.15) is 0 Å². The summed E-state index contributed by atoms with van der Waals surface area (Å²) in [6, 6.07) is 0. The molecule has 2 heterocycles. The molecular weight excluding hydrogens is 464 g/mol. The maximum absolute atomic E-state index is 12.3. The standard InChI is InChI=1S/C28H42O8/c1-26-8-5-17(35-25-24(32)23(31)21(13-29)36-25)12-16(26)3-4-20-19(26)6-9-27(2)18(7-10-28(20,27)33)15-11-22(30)34-14-15/h11,16-21,23-25,29,31-33H,3-10,12-14H2,1-2H3/t16-,17-,18+,19-,20+,21+,23+,24+,25+,26-,27+,28+/m0/s1. The van der Waals surface area contributed by atoms with Crippen LogP contribution < -0.4 is 0 Å². The lowest BCUT2D eigenvalue weighted by atomic mass is 9.43. The predicted octanol–water partition coefficient (Wildman–Crippen LogP) is 2.07. The molecule has 0 aromatic rings. The molecule has 1 saturated heterocycles. The molecule has 0 bridgehead atoms. The van der Waals surface area contributed by atoms with Crippen LogP contribution in [0.25, 0.3) is 0 Å². The molecule has 0 aromatic heterocycles. The van der Waals surface area contributed by atoms with Gasteiger partial charge in [0, 0.05) is 11.5 Å². The van der Waals surface area contributed by atoms with Crippen molar-refractivity contribution in [2.45, 2.75) is 108 Å². The highest BCUT2D eigenvalue weighted by Crippen LogP contribution is 2.70. The van der Waals surface area contributed by atoms with Crippen LogP contribution in [-0.2, 0) is 19.0 Å². The van der Waals surface area contributed by atoms with E-state index in [0.717, 1.165) is 63.4 Å². The predicted molar refractivity (Wildman–Crippen MR) is 128 cm³/mol. The molecule has 2 aliphatic heterocycles. The monoisotopic (exact) mass is 506 g/mol. The van der Waals surface area contributed by atoms with E-state index in [1.807, 2.05) is 0 Å². The van der Waals surface area contributed by atoms with Crippen molar-refractivity contribution in [3.05, 3.63) is 11.6 Å². The number of carbonyl (C=O) groups excluding carboxylic acids is 1. The van der Waals surface area contributed by atoms with E-state index in [1.54, 1.807) is 6.08 Å². The number of hydrogen-bond donors (Lipinski definition) is 4. The van der Waals surface area contributed by atoms with Gasteiger partial charge in [0.1, 0.15) is 24.9 Å². The van der Waals surface area contributed by atoms with Gasteiger partial charge in [-0.25, -0.2) is 4.79 Å². The highest BCUT2D eigenvalue weighted by atomic mass is 16.7. The molecular formula is C28H42O8. The summed E-state index contributed by atoms with van der Waals surface area (Å²) in [5, 5.41) is 42.1. The van der Waals surface area contributed by atoms with Gasteiger partial charge in [0.25, 0.3) is 0 Å². The van der Waals surface area contributed by atoms with Crippen LogP contribution in [0.3, 0.4) is 0 Å². The highest BCUT2D eigenvalue weighted by molar-refractivity contribution is 5.85. The second-order valence-corrected chi connectivity index (χ2v) is 13.0. The zero-order valence-electron chi connectivity index (χ0n) is 21.5. The number of esters is 1. The largest absolute Gasteiger partial charge is 0.458 e. The maximum Gasteiger partial charge on any atom is 0.331 e. The minimum Gasteiger partial charge on any atom is -0.458 e. The zero-order valence-corrected chi connectivity index (χ0v) is 21.5. The number of rotatable bonds is 4. The van der Waals surface area contributed by atoms with Crippen LogP contribution in [0.1, 0.15) is 71.6 Å². The number of aliphatic hydroxyl groups is 4. The number of fused-ring (bicyclic) bond motifs is 5. The molecule has 8 nitrogen and oxygen atoms in total. The molecule has 6 aliphatic rings. The Labute approximate surface area is 213 Å². The molecule has 202 valence electrons. The number of aliphatic hydroxyl groups excluding tert-OH is 3. The first-order chi connectivity index (χ1) is 17.1. The summed E-state index contributed by atoms with van der Waals surface area (Å²) in [4.78, 5) is 11.8. The van der Waals surface area contributed by atoms with Gasteiger partial charge in [-0.15, -0.1) is 0 Å². The molecule has 4 saturated carbocycles. The van der Waals surface area contributed by atoms with E-state index in [0.29, 0.717) is 18.4 Å². The fraction of sp³-hybridized carbons (Fsp3) is 0.893. The summed E-state index contributed by atoms with van der Waals surface area (Å²) < 4.78 is 17.0. The summed E-state index contributed by atoms with van der Waals surface area (Å²) in [7, 11) is 0. The Morgan fingerprint density at radius 1 is 1.03 bits per heavy atom. The van der Waals surface area contributed by atoms with E-state index in [-0.39, 0.29) is 41.3 Å². The molecule has 5 fully saturated rings. The van der Waals surface area contributed by atoms with Crippen molar-refractivity contribution in [3.63, 3.8) is 0 Å². The molecule has 0 spiro atoms. The average Bonchev–Trinajstić information content (AvgIpc) is 3.48. The molecule has 36 heavy (non-hydrogen) atoms. The van der Waals surface area contributed by atoms with E-state index in [1.165, 1.54) is 0 Å². The Balaban J connectivity index is 1.16. The summed E-state index contributed by atoms with van der Waals surface area (Å²) in [5.74, 6) is 1.16. The third kappa shape index (κ3) is 3.51. The Morgan fingerprint density at radius 3 is 2.53 bits per heavy atom. The molecule has 4 aliphatic carbocycles. The van der Waals surface area contributed by atoms with Gasteiger partial charge in [0.2, 0.25) is 0 Å². The van der Waals surface area contributed by atoms with Crippen LogP contribution in [0.4, 0.5) is 0 Å². The SMILES string of the molecule is C[C@]12CC[C@H](O[C@@H]3O[C@H](CO)[C@@H](O)[C@H]3O)C[C@@H]1CC[C@@H]1[C@@H]2CC[C@]2(C)[C@@H](C3=CC(=O)OC3)CC[C@@]12O. The van der Waals surface area contributed by atoms with Crippen molar-refractivity contribution in [3.8, 4) is 0 Å². The van der Waals surface area contributed by atoms with E-state index >= 15 is 0 Å². The second-order valence-electron chi connectivity index (χ2n) is 13.0. The van der Waals surface area contributed by atoms with Gasteiger partial charge in [-0.1, -0.05) is 13.8 Å². The average molecular weight is 507 g/mol. The minimum atomic E-state index is -1.15. The molecule has 0 aromatic carbocycles. The van der Waals surface area contributed by atoms with Crippen LogP contribution in [-0.4, -0.2) is 75.9 Å². The lowest BCUT2D eigenvalue weighted by Gasteiger charge is -2.63. The fourth-order valence-electron chi connectivity index (χ4n) is 9.66. The highest BCUT2D eigenvalue weighted by Gasteiger charge is 2.67. The number of carbonyl (C=O) groups is 1. The van der Waals surface area contributed by atoms with Crippen molar-refractivity contribution < 1.29 is 39.4 Å².